The normalized spacial score (nSPS) is 10.7. The van der Waals surface area contributed by atoms with E-state index in [1.54, 1.807) is 21.3 Å². The van der Waals surface area contributed by atoms with Crippen molar-refractivity contribution in [1.82, 2.24) is 0 Å². The average molecular weight is 383 g/mol. The maximum absolute atomic E-state index is 12.3. The van der Waals surface area contributed by atoms with Crippen molar-refractivity contribution < 1.29 is 19.0 Å². The number of hydrogen-bond donors (Lipinski definition) is 1. The number of ether oxygens (including phenoxy) is 3. The van der Waals surface area contributed by atoms with Gasteiger partial charge in [0.25, 0.3) is 0 Å². The standard InChI is InChI=1S/C23H29NO4/c1-26-14-4-5-21(23(24)25)22(19-10-6-17(7-11-19)15-27-2)20-12-8-18(9-13-20)16-28-3/h6-13H,4-5,14-16H2,1-3H3,(H2,24,25). The Bertz CT molecular complexity index is 728. The summed E-state index contributed by atoms with van der Waals surface area (Å²) in [5.74, 6) is -0.409. The number of nitrogens with two attached hydrogens (primary N) is 1. The molecule has 2 N–H and O–H groups in total. The van der Waals surface area contributed by atoms with Crippen LogP contribution in [0.3, 0.4) is 0 Å². The fourth-order valence-electron chi connectivity index (χ4n) is 3.15. The molecule has 0 aliphatic rings. The first kappa shape index (κ1) is 21.8. The number of hydrogen-bond acceptors (Lipinski definition) is 4. The Hall–Kier alpha value is -2.47. The topological polar surface area (TPSA) is 70.8 Å². The second kappa shape index (κ2) is 11.4. The monoisotopic (exact) mass is 383 g/mol. The van der Waals surface area contributed by atoms with Crippen LogP contribution < -0.4 is 5.73 Å². The zero-order valence-electron chi connectivity index (χ0n) is 16.9. The quantitative estimate of drug-likeness (QED) is 0.474. The molecule has 2 aromatic carbocycles. The van der Waals surface area contributed by atoms with E-state index in [4.69, 9.17) is 19.9 Å². The predicted octanol–water partition coefficient (Wildman–Crippen LogP) is 3.69. The Morgan fingerprint density at radius 2 is 1.25 bits per heavy atom. The largest absolute Gasteiger partial charge is 0.385 e. The van der Waals surface area contributed by atoms with Crippen LogP contribution in [0.25, 0.3) is 5.57 Å². The van der Waals surface area contributed by atoms with Crippen molar-refractivity contribution in [2.24, 2.45) is 5.73 Å². The molecule has 0 aliphatic heterocycles. The van der Waals surface area contributed by atoms with Crippen molar-refractivity contribution in [3.8, 4) is 0 Å². The minimum atomic E-state index is -0.409. The third kappa shape index (κ3) is 6.02. The lowest BCUT2D eigenvalue weighted by Gasteiger charge is -2.16. The molecule has 0 aromatic heterocycles. The summed E-state index contributed by atoms with van der Waals surface area (Å²) in [6, 6.07) is 16.0. The fraction of sp³-hybridized carbons (Fsp3) is 0.348. The van der Waals surface area contributed by atoms with Gasteiger partial charge in [-0.1, -0.05) is 48.5 Å². The fourth-order valence-corrected chi connectivity index (χ4v) is 3.15. The zero-order chi connectivity index (χ0) is 20.4. The van der Waals surface area contributed by atoms with Gasteiger partial charge in [0.15, 0.2) is 0 Å². The van der Waals surface area contributed by atoms with Gasteiger partial charge in [-0.3, -0.25) is 4.79 Å². The molecular weight excluding hydrogens is 354 g/mol. The molecule has 0 saturated carbocycles. The Labute approximate surface area is 167 Å². The molecule has 0 bridgehead atoms. The molecule has 0 heterocycles. The molecule has 0 spiro atoms. The van der Waals surface area contributed by atoms with Crippen molar-refractivity contribution in [3.05, 3.63) is 76.4 Å². The van der Waals surface area contributed by atoms with Crippen LogP contribution in [0.15, 0.2) is 54.1 Å². The number of carbonyl (C=O) groups is 1. The molecule has 2 aromatic rings. The van der Waals surface area contributed by atoms with Crippen molar-refractivity contribution in [2.45, 2.75) is 26.1 Å². The molecule has 150 valence electrons. The molecule has 0 fully saturated rings. The lowest BCUT2D eigenvalue weighted by atomic mass is 9.89. The molecule has 0 radical (unpaired) electrons. The third-order valence-electron chi connectivity index (χ3n) is 4.48. The average Bonchev–Trinajstić information content (AvgIpc) is 2.70. The number of primary amides is 1. The van der Waals surface area contributed by atoms with Gasteiger partial charge in [-0.15, -0.1) is 0 Å². The van der Waals surface area contributed by atoms with Crippen LogP contribution in [0, 0.1) is 0 Å². The number of rotatable bonds is 11. The molecule has 2 rings (SSSR count). The van der Waals surface area contributed by atoms with Crippen LogP contribution in [0.2, 0.25) is 0 Å². The van der Waals surface area contributed by atoms with Gasteiger partial charge in [-0.05, 0) is 40.7 Å². The summed E-state index contributed by atoms with van der Waals surface area (Å²) in [7, 11) is 4.99. The maximum Gasteiger partial charge on any atom is 0.245 e. The van der Waals surface area contributed by atoms with Crippen molar-refractivity contribution in [1.29, 1.82) is 0 Å². The molecule has 0 aliphatic carbocycles. The van der Waals surface area contributed by atoms with Crippen molar-refractivity contribution >= 4 is 11.5 Å². The highest BCUT2D eigenvalue weighted by atomic mass is 16.5. The predicted molar refractivity (Wildman–Crippen MR) is 111 cm³/mol. The lowest BCUT2D eigenvalue weighted by Crippen LogP contribution is -2.17. The van der Waals surface area contributed by atoms with Crippen LogP contribution in [-0.4, -0.2) is 33.8 Å². The molecule has 0 saturated heterocycles. The summed E-state index contributed by atoms with van der Waals surface area (Å²) < 4.78 is 15.5. The van der Waals surface area contributed by atoms with Gasteiger partial charge in [-0.2, -0.15) is 0 Å². The third-order valence-corrected chi connectivity index (χ3v) is 4.48. The van der Waals surface area contributed by atoms with Crippen LogP contribution in [0.5, 0.6) is 0 Å². The van der Waals surface area contributed by atoms with Gasteiger partial charge >= 0.3 is 0 Å². The van der Waals surface area contributed by atoms with E-state index in [0.717, 1.165) is 34.2 Å². The van der Waals surface area contributed by atoms with E-state index in [9.17, 15) is 4.79 Å². The number of methoxy groups -OCH3 is 3. The molecule has 0 atom stereocenters. The van der Waals surface area contributed by atoms with E-state index >= 15 is 0 Å². The van der Waals surface area contributed by atoms with E-state index in [1.165, 1.54) is 0 Å². The van der Waals surface area contributed by atoms with Crippen molar-refractivity contribution in [3.63, 3.8) is 0 Å². The van der Waals surface area contributed by atoms with Gasteiger partial charge in [0.2, 0.25) is 5.91 Å². The highest BCUT2D eigenvalue weighted by Crippen LogP contribution is 2.30. The highest BCUT2D eigenvalue weighted by Gasteiger charge is 2.16. The first-order chi connectivity index (χ1) is 13.6. The molecule has 0 unspecified atom stereocenters. The van der Waals surface area contributed by atoms with E-state index in [1.807, 2.05) is 48.5 Å². The number of carbonyl (C=O) groups excluding carboxylic acids is 1. The molecular formula is C23H29NO4. The van der Waals surface area contributed by atoms with Crippen LogP contribution in [0.4, 0.5) is 0 Å². The lowest BCUT2D eigenvalue weighted by molar-refractivity contribution is -0.114. The first-order valence-electron chi connectivity index (χ1n) is 9.29. The zero-order valence-corrected chi connectivity index (χ0v) is 16.9. The highest BCUT2D eigenvalue weighted by molar-refractivity contribution is 6.03. The minimum absolute atomic E-state index is 0.409. The van der Waals surface area contributed by atoms with Crippen LogP contribution in [0.1, 0.15) is 35.1 Å². The Balaban J connectivity index is 2.52. The van der Waals surface area contributed by atoms with E-state index in [0.29, 0.717) is 31.8 Å². The van der Waals surface area contributed by atoms with Gasteiger partial charge in [0, 0.05) is 33.5 Å². The SMILES string of the molecule is COCCCC(C(N)=O)=C(c1ccc(COC)cc1)c1ccc(COC)cc1. The second-order valence-electron chi connectivity index (χ2n) is 6.57. The minimum Gasteiger partial charge on any atom is -0.385 e. The maximum atomic E-state index is 12.3. The summed E-state index contributed by atoms with van der Waals surface area (Å²) in [5, 5.41) is 0. The second-order valence-corrected chi connectivity index (χ2v) is 6.57. The van der Waals surface area contributed by atoms with Gasteiger partial charge in [-0.25, -0.2) is 0 Å². The molecule has 5 heteroatoms. The summed E-state index contributed by atoms with van der Waals surface area (Å²) >= 11 is 0. The Morgan fingerprint density at radius 3 is 1.61 bits per heavy atom. The molecule has 28 heavy (non-hydrogen) atoms. The Kier molecular flexibility index (Phi) is 8.88. The van der Waals surface area contributed by atoms with Gasteiger partial charge in [0.1, 0.15) is 0 Å². The first-order valence-corrected chi connectivity index (χ1v) is 9.29. The van der Waals surface area contributed by atoms with E-state index in [2.05, 4.69) is 0 Å². The van der Waals surface area contributed by atoms with Gasteiger partial charge < -0.3 is 19.9 Å². The smallest absolute Gasteiger partial charge is 0.245 e. The van der Waals surface area contributed by atoms with E-state index in [-0.39, 0.29) is 0 Å². The van der Waals surface area contributed by atoms with Crippen LogP contribution in [-0.2, 0) is 32.2 Å². The van der Waals surface area contributed by atoms with Crippen LogP contribution >= 0.6 is 0 Å². The number of amides is 1. The van der Waals surface area contributed by atoms with E-state index < -0.39 is 5.91 Å². The summed E-state index contributed by atoms with van der Waals surface area (Å²) in [4.78, 5) is 12.3. The summed E-state index contributed by atoms with van der Waals surface area (Å²) in [6.07, 6.45) is 1.28. The van der Waals surface area contributed by atoms with Gasteiger partial charge in [0.05, 0.1) is 13.2 Å². The number of benzene rings is 2. The molecule has 1 amide bonds. The summed E-state index contributed by atoms with van der Waals surface area (Å²) in [6.45, 7) is 1.66. The summed E-state index contributed by atoms with van der Waals surface area (Å²) in [5.41, 5.74) is 11.3. The molecule has 5 nitrogen and oxygen atoms in total. The van der Waals surface area contributed by atoms with Crippen molar-refractivity contribution in [2.75, 3.05) is 27.9 Å². The Morgan fingerprint density at radius 1 is 0.786 bits per heavy atom.